The lowest BCUT2D eigenvalue weighted by Crippen LogP contribution is -1.84. The van der Waals surface area contributed by atoms with E-state index in [9.17, 15) is 0 Å². The van der Waals surface area contributed by atoms with Crippen LogP contribution in [0.4, 0.5) is 0 Å². The summed E-state index contributed by atoms with van der Waals surface area (Å²) in [7, 11) is 0. The van der Waals surface area contributed by atoms with E-state index in [0.717, 1.165) is 29.5 Å². The predicted molar refractivity (Wildman–Crippen MR) is 57.1 cm³/mol. The Kier molecular flexibility index (Phi) is 4.14. The summed E-state index contributed by atoms with van der Waals surface area (Å²) in [6.07, 6.45) is 1.84. The molecule has 0 aromatic heterocycles. The third-order valence-corrected chi connectivity index (χ3v) is 2.31. The number of hydrogen-bond donors (Lipinski definition) is 0. The van der Waals surface area contributed by atoms with Crippen LogP contribution in [0.3, 0.4) is 0 Å². The zero-order chi connectivity index (χ0) is 9.52. The second-order valence-electron chi connectivity index (χ2n) is 2.72. The van der Waals surface area contributed by atoms with Gasteiger partial charge in [-0.15, -0.1) is 0 Å². The number of thiocyanates is 1. The largest absolute Gasteiger partial charge is 0.185 e. The normalized spacial score (nSPS) is 9.15. The van der Waals surface area contributed by atoms with Crippen LogP contribution in [0, 0.1) is 10.7 Å². The van der Waals surface area contributed by atoms with E-state index in [1.165, 1.54) is 5.56 Å². The van der Waals surface area contributed by atoms with Gasteiger partial charge in [-0.2, -0.15) is 5.26 Å². The fraction of sp³-hybridized carbons (Fsp3) is 0.182. The van der Waals surface area contributed by atoms with Crippen molar-refractivity contribution < 1.29 is 0 Å². The lowest BCUT2D eigenvalue weighted by atomic mass is 10.1. The molecule has 0 aliphatic heterocycles. The zero-order valence-electron chi connectivity index (χ0n) is 7.36. The molecule has 0 saturated heterocycles. The summed E-state index contributed by atoms with van der Waals surface area (Å²) < 4.78 is 0. The van der Waals surface area contributed by atoms with Crippen molar-refractivity contribution in [3.8, 4) is 5.40 Å². The maximum atomic E-state index is 8.39. The molecule has 0 unspecified atom stereocenters. The SMILES string of the molecule is C=C(CCc1ccccc1)SC#N. The highest BCUT2D eigenvalue weighted by Gasteiger charge is 1.95. The summed E-state index contributed by atoms with van der Waals surface area (Å²) >= 11 is 1.16. The van der Waals surface area contributed by atoms with Gasteiger partial charge in [-0.25, -0.2) is 0 Å². The zero-order valence-corrected chi connectivity index (χ0v) is 8.18. The molecule has 0 radical (unpaired) electrons. The monoisotopic (exact) mass is 189 g/mol. The molecule has 0 saturated carbocycles. The summed E-state index contributed by atoms with van der Waals surface area (Å²) in [5, 5.41) is 10.4. The highest BCUT2D eigenvalue weighted by molar-refractivity contribution is 8.07. The third kappa shape index (κ3) is 3.82. The molecular weight excluding hydrogens is 178 g/mol. The quantitative estimate of drug-likeness (QED) is 0.678. The topological polar surface area (TPSA) is 23.8 Å². The van der Waals surface area contributed by atoms with Gasteiger partial charge in [0.25, 0.3) is 0 Å². The lowest BCUT2D eigenvalue weighted by Gasteiger charge is -2.00. The molecule has 1 aromatic rings. The van der Waals surface area contributed by atoms with Crippen molar-refractivity contribution in [3.63, 3.8) is 0 Å². The molecule has 0 atom stereocenters. The van der Waals surface area contributed by atoms with Gasteiger partial charge in [-0.1, -0.05) is 36.9 Å². The van der Waals surface area contributed by atoms with Gasteiger partial charge in [-0.3, -0.25) is 0 Å². The molecule has 0 N–H and O–H groups in total. The fourth-order valence-corrected chi connectivity index (χ4v) is 1.38. The molecule has 0 aliphatic carbocycles. The van der Waals surface area contributed by atoms with E-state index >= 15 is 0 Å². The van der Waals surface area contributed by atoms with Gasteiger partial charge in [0.15, 0.2) is 0 Å². The second kappa shape index (κ2) is 5.45. The summed E-state index contributed by atoms with van der Waals surface area (Å²) in [5.41, 5.74) is 1.29. The molecule has 0 aliphatic rings. The van der Waals surface area contributed by atoms with Crippen LogP contribution in [-0.4, -0.2) is 0 Å². The van der Waals surface area contributed by atoms with Crippen LogP contribution in [0.15, 0.2) is 41.8 Å². The minimum Gasteiger partial charge on any atom is -0.185 e. The van der Waals surface area contributed by atoms with Crippen molar-refractivity contribution in [2.24, 2.45) is 0 Å². The van der Waals surface area contributed by atoms with Crippen molar-refractivity contribution in [3.05, 3.63) is 47.4 Å². The van der Waals surface area contributed by atoms with Gasteiger partial charge >= 0.3 is 0 Å². The first-order chi connectivity index (χ1) is 6.33. The van der Waals surface area contributed by atoms with Crippen molar-refractivity contribution in [2.45, 2.75) is 12.8 Å². The van der Waals surface area contributed by atoms with Gasteiger partial charge in [0.2, 0.25) is 0 Å². The van der Waals surface area contributed by atoms with Crippen LogP contribution in [0.25, 0.3) is 0 Å². The molecule has 0 spiro atoms. The number of benzene rings is 1. The summed E-state index contributed by atoms with van der Waals surface area (Å²) in [6, 6.07) is 10.2. The molecule has 0 fully saturated rings. The summed E-state index contributed by atoms with van der Waals surface area (Å²) in [4.78, 5) is 0.936. The Balaban J connectivity index is 2.36. The molecule has 1 nitrogen and oxygen atoms in total. The minimum absolute atomic E-state index is 0.877. The van der Waals surface area contributed by atoms with E-state index in [-0.39, 0.29) is 0 Å². The van der Waals surface area contributed by atoms with E-state index in [0.29, 0.717) is 0 Å². The van der Waals surface area contributed by atoms with Crippen molar-refractivity contribution in [2.75, 3.05) is 0 Å². The average Bonchev–Trinajstić information content (AvgIpc) is 2.17. The number of thioether (sulfide) groups is 1. The maximum Gasteiger partial charge on any atom is 0.138 e. The van der Waals surface area contributed by atoms with E-state index in [1.807, 2.05) is 23.6 Å². The Morgan fingerprint density at radius 3 is 2.69 bits per heavy atom. The first-order valence-corrected chi connectivity index (χ1v) is 4.92. The standard InChI is InChI=1S/C11H11NS/c1-10(13-9-12)7-8-11-5-3-2-4-6-11/h2-6H,1,7-8H2. The number of nitriles is 1. The van der Waals surface area contributed by atoms with E-state index in [1.54, 1.807) is 0 Å². The Labute approximate surface area is 83.1 Å². The average molecular weight is 189 g/mol. The maximum absolute atomic E-state index is 8.39. The highest BCUT2D eigenvalue weighted by Crippen LogP contribution is 2.17. The predicted octanol–water partition coefficient (Wildman–Crippen LogP) is 3.35. The number of hydrogen-bond acceptors (Lipinski definition) is 2. The Morgan fingerprint density at radius 1 is 1.38 bits per heavy atom. The van der Waals surface area contributed by atoms with Crippen molar-refractivity contribution >= 4 is 11.8 Å². The Morgan fingerprint density at radius 2 is 2.08 bits per heavy atom. The molecule has 66 valence electrons. The lowest BCUT2D eigenvalue weighted by molar-refractivity contribution is 0.993. The molecule has 2 heteroatoms. The van der Waals surface area contributed by atoms with E-state index < -0.39 is 0 Å². The first kappa shape index (κ1) is 9.88. The molecule has 0 heterocycles. The summed E-state index contributed by atoms with van der Waals surface area (Å²) in [6.45, 7) is 3.80. The van der Waals surface area contributed by atoms with Gasteiger partial charge in [0.1, 0.15) is 5.40 Å². The smallest absolute Gasteiger partial charge is 0.138 e. The number of rotatable bonds is 4. The number of aryl methyl sites for hydroxylation is 1. The number of allylic oxidation sites excluding steroid dienone is 1. The molecular formula is C11H11NS. The first-order valence-electron chi connectivity index (χ1n) is 4.10. The molecule has 0 amide bonds. The van der Waals surface area contributed by atoms with Crippen LogP contribution in [-0.2, 0) is 6.42 Å². The molecule has 1 aromatic carbocycles. The van der Waals surface area contributed by atoms with Crippen LogP contribution in [0.5, 0.6) is 0 Å². The van der Waals surface area contributed by atoms with Gasteiger partial charge in [0.05, 0.1) is 0 Å². The van der Waals surface area contributed by atoms with Gasteiger partial charge in [-0.05, 0) is 35.1 Å². The van der Waals surface area contributed by atoms with Gasteiger partial charge < -0.3 is 0 Å². The van der Waals surface area contributed by atoms with Crippen LogP contribution in [0.2, 0.25) is 0 Å². The Bertz CT molecular complexity index is 311. The van der Waals surface area contributed by atoms with Gasteiger partial charge in [0, 0.05) is 0 Å². The van der Waals surface area contributed by atoms with Crippen molar-refractivity contribution in [1.29, 1.82) is 5.26 Å². The molecule has 0 bridgehead atoms. The summed E-state index contributed by atoms with van der Waals surface area (Å²) in [5.74, 6) is 0. The minimum atomic E-state index is 0.877. The van der Waals surface area contributed by atoms with Crippen LogP contribution >= 0.6 is 11.8 Å². The van der Waals surface area contributed by atoms with E-state index in [4.69, 9.17) is 5.26 Å². The molecule has 13 heavy (non-hydrogen) atoms. The highest BCUT2D eigenvalue weighted by atomic mass is 32.2. The number of nitrogens with zero attached hydrogens (tertiary/aromatic N) is 1. The van der Waals surface area contributed by atoms with Crippen molar-refractivity contribution in [1.82, 2.24) is 0 Å². The Hall–Kier alpha value is -1.20. The second-order valence-corrected chi connectivity index (χ2v) is 3.68. The van der Waals surface area contributed by atoms with Crippen LogP contribution < -0.4 is 0 Å². The molecule has 1 rings (SSSR count). The van der Waals surface area contributed by atoms with Crippen LogP contribution in [0.1, 0.15) is 12.0 Å². The fourth-order valence-electron chi connectivity index (χ4n) is 1.04. The third-order valence-electron chi connectivity index (χ3n) is 1.73. The van der Waals surface area contributed by atoms with E-state index in [2.05, 4.69) is 18.7 Å².